The van der Waals surface area contributed by atoms with Crippen molar-refractivity contribution < 1.29 is 9.32 Å². The van der Waals surface area contributed by atoms with Gasteiger partial charge < -0.3 is 5.11 Å². The Hall–Kier alpha value is 0.0700. The molecule has 2 fully saturated rings. The molecule has 1 unspecified atom stereocenters. The van der Waals surface area contributed by atoms with Crippen molar-refractivity contribution >= 4 is 11.0 Å². The summed E-state index contributed by atoms with van der Waals surface area (Å²) < 4.78 is 13.9. The molecule has 0 radical (unpaired) electrons. The van der Waals surface area contributed by atoms with Crippen LogP contribution in [0.15, 0.2) is 0 Å². The third-order valence-electron chi connectivity index (χ3n) is 3.64. The maximum Gasteiger partial charge on any atom is 0.100 e. The van der Waals surface area contributed by atoms with E-state index >= 15 is 0 Å². The third kappa shape index (κ3) is 2.34. The molecule has 1 N–H and O–H groups in total. The maximum absolute atomic E-state index is 12.1. The van der Waals surface area contributed by atoms with E-state index in [1.54, 1.807) is 0 Å². The normalized spacial score (nSPS) is 35.8. The fourth-order valence-corrected chi connectivity index (χ4v) is 4.00. The van der Waals surface area contributed by atoms with Gasteiger partial charge in [-0.2, -0.15) is 0 Å². The van der Waals surface area contributed by atoms with Crippen LogP contribution in [0, 0.1) is 0 Å². The Morgan fingerprint density at radius 1 is 1.25 bits per heavy atom. The summed E-state index contributed by atoms with van der Waals surface area (Å²) in [6.45, 7) is 6.77. The van der Waals surface area contributed by atoms with Gasteiger partial charge in [-0.15, -0.1) is 0 Å². The van der Waals surface area contributed by atoms with Crippen molar-refractivity contribution in [3.63, 3.8) is 0 Å². The first kappa shape index (κ1) is 12.5. The van der Waals surface area contributed by atoms with Crippen molar-refractivity contribution in [2.45, 2.75) is 69.3 Å². The molecule has 0 spiro atoms. The van der Waals surface area contributed by atoms with Crippen LogP contribution in [0.1, 0.15) is 52.9 Å². The molecule has 0 aromatic heterocycles. The molecule has 0 bridgehead atoms. The Morgan fingerprint density at radius 3 is 2.31 bits per heavy atom. The summed E-state index contributed by atoms with van der Waals surface area (Å²) in [5, 5.41) is 10.5. The van der Waals surface area contributed by atoms with Crippen molar-refractivity contribution in [1.82, 2.24) is 4.31 Å². The lowest BCUT2D eigenvalue weighted by atomic mass is 9.82. The summed E-state index contributed by atoms with van der Waals surface area (Å²) in [5.74, 6) is 0. The summed E-state index contributed by atoms with van der Waals surface area (Å²) in [5.41, 5.74) is -0.556. The van der Waals surface area contributed by atoms with Gasteiger partial charge in [-0.05, 0) is 33.6 Å². The summed E-state index contributed by atoms with van der Waals surface area (Å²) in [6, 6.07) is 0.146. The van der Waals surface area contributed by atoms with Crippen LogP contribution in [0.5, 0.6) is 0 Å². The molecule has 1 aliphatic carbocycles. The van der Waals surface area contributed by atoms with E-state index in [1.165, 1.54) is 6.42 Å². The largest absolute Gasteiger partial charge is 0.388 e. The zero-order chi connectivity index (χ0) is 12.0. The first-order valence-electron chi connectivity index (χ1n) is 6.26. The first-order chi connectivity index (χ1) is 7.34. The van der Waals surface area contributed by atoms with Gasteiger partial charge in [0, 0.05) is 6.54 Å². The fourth-order valence-electron chi connectivity index (χ4n) is 2.59. The van der Waals surface area contributed by atoms with E-state index in [1.807, 2.05) is 25.1 Å². The fraction of sp³-hybridized carbons (Fsp3) is 1.00. The second-order valence-electron chi connectivity index (χ2n) is 6.14. The van der Waals surface area contributed by atoms with Gasteiger partial charge in [-0.3, -0.25) is 0 Å². The van der Waals surface area contributed by atoms with Gasteiger partial charge in [0.1, 0.15) is 11.0 Å². The van der Waals surface area contributed by atoms with E-state index in [-0.39, 0.29) is 10.8 Å². The molecule has 3 nitrogen and oxygen atoms in total. The van der Waals surface area contributed by atoms with Crippen molar-refractivity contribution in [1.29, 1.82) is 0 Å². The van der Waals surface area contributed by atoms with E-state index in [0.717, 1.165) is 32.2 Å². The molecule has 1 aliphatic heterocycles. The summed E-state index contributed by atoms with van der Waals surface area (Å²) >= 11 is 0. The highest BCUT2D eigenvalue weighted by Gasteiger charge is 2.54. The van der Waals surface area contributed by atoms with Crippen LogP contribution in [0.4, 0.5) is 0 Å². The lowest BCUT2D eigenvalue weighted by Crippen LogP contribution is -2.41. The van der Waals surface area contributed by atoms with Crippen LogP contribution in [0.2, 0.25) is 0 Å². The van der Waals surface area contributed by atoms with Gasteiger partial charge in [-0.25, -0.2) is 8.51 Å². The molecule has 0 amide bonds. The standard InChI is InChI=1S/C12H23NO2S/c1-11(2,3)16(15)13-9-10(13)12(14)7-5-4-6-8-12/h10,14H,4-9H2,1-3H3/t10-,13?,16-/m1/s1. The molecule has 3 atom stereocenters. The Bertz CT molecular complexity index is 292. The average Bonchev–Trinajstić information content (AvgIpc) is 2.96. The molecule has 0 aromatic carbocycles. The minimum Gasteiger partial charge on any atom is -0.388 e. The second kappa shape index (κ2) is 4.07. The molecular weight excluding hydrogens is 222 g/mol. The van der Waals surface area contributed by atoms with E-state index in [0.29, 0.717) is 0 Å². The van der Waals surface area contributed by atoms with Gasteiger partial charge in [-0.1, -0.05) is 19.3 Å². The van der Waals surface area contributed by atoms with Gasteiger partial charge >= 0.3 is 0 Å². The van der Waals surface area contributed by atoms with Gasteiger partial charge in [0.15, 0.2) is 0 Å². The predicted octanol–water partition coefficient (Wildman–Crippen LogP) is 1.83. The van der Waals surface area contributed by atoms with Crippen LogP contribution in [0.25, 0.3) is 0 Å². The minimum absolute atomic E-state index is 0.146. The Kier molecular flexibility index (Phi) is 3.19. The Balaban J connectivity index is 1.98. The topological polar surface area (TPSA) is 40.3 Å². The van der Waals surface area contributed by atoms with E-state index in [4.69, 9.17) is 0 Å². The summed E-state index contributed by atoms with van der Waals surface area (Å²) in [6.07, 6.45) is 5.23. The highest BCUT2D eigenvalue weighted by molar-refractivity contribution is 7.84. The van der Waals surface area contributed by atoms with Crippen molar-refractivity contribution in [2.75, 3.05) is 6.54 Å². The monoisotopic (exact) mass is 245 g/mol. The van der Waals surface area contributed by atoms with Crippen LogP contribution in [-0.4, -0.2) is 36.6 Å². The third-order valence-corrected chi connectivity index (χ3v) is 5.52. The van der Waals surface area contributed by atoms with E-state index < -0.39 is 16.6 Å². The number of rotatable bonds is 2. The number of hydrogen-bond donors (Lipinski definition) is 1. The first-order valence-corrected chi connectivity index (χ1v) is 7.36. The van der Waals surface area contributed by atoms with Crippen LogP contribution >= 0.6 is 0 Å². The number of nitrogens with zero attached hydrogens (tertiary/aromatic N) is 1. The Labute approximate surface area is 101 Å². The zero-order valence-corrected chi connectivity index (χ0v) is 11.3. The van der Waals surface area contributed by atoms with Crippen molar-refractivity contribution in [3.8, 4) is 0 Å². The molecule has 1 heterocycles. The zero-order valence-electron chi connectivity index (χ0n) is 10.5. The lowest BCUT2D eigenvalue weighted by Gasteiger charge is -2.32. The van der Waals surface area contributed by atoms with Crippen molar-refractivity contribution in [3.05, 3.63) is 0 Å². The molecule has 1 saturated carbocycles. The number of hydrogen-bond acceptors (Lipinski definition) is 2. The summed E-state index contributed by atoms with van der Waals surface area (Å²) in [7, 11) is -0.962. The van der Waals surface area contributed by atoms with Crippen molar-refractivity contribution in [2.24, 2.45) is 0 Å². The van der Waals surface area contributed by atoms with Gasteiger partial charge in [0.05, 0.1) is 16.4 Å². The molecule has 4 heteroatoms. The molecule has 2 rings (SSSR count). The molecule has 2 aliphatic rings. The molecule has 94 valence electrons. The quantitative estimate of drug-likeness (QED) is 0.754. The SMILES string of the molecule is CC(C)(C)[S@@](=O)N1C[C@@H]1C1(O)CCCCC1. The molecule has 0 aromatic rings. The van der Waals surface area contributed by atoms with E-state index in [9.17, 15) is 9.32 Å². The van der Waals surface area contributed by atoms with Gasteiger partial charge in [0.25, 0.3) is 0 Å². The maximum atomic E-state index is 12.1. The molecule has 16 heavy (non-hydrogen) atoms. The average molecular weight is 245 g/mol. The summed E-state index contributed by atoms with van der Waals surface area (Å²) in [4.78, 5) is 0. The minimum atomic E-state index is -0.962. The van der Waals surface area contributed by atoms with Crippen LogP contribution < -0.4 is 0 Å². The highest BCUT2D eigenvalue weighted by Crippen LogP contribution is 2.41. The molecular formula is C12H23NO2S. The molecule has 1 saturated heterocycles. The number of aliphatic hydroxyl groups is 1. The predicted molar refractivity (Wildman–Crippen MR) is 66.4 cm³/mol. The van der Waals surface area contributed by atoms with Gasteiger partial charge in [0.2, 0.25) is 0 Å². The smallest absolute Gasteiger partial charge is 0.100 e. The lowest BCUT2D eigenvalue weighted by molar-refractivity contribution is -0.00230. The Morgan fingerprint density at radius 2 is 1.81 bits per heavy atom. The van der Waals surface area contributed by atoms with Crippen LogP contribution in [0.3, 0.4) is 0 Å². The van der Waals surface area contributed by atoms with E-state index in [2.05, 4.69) is 0 Å². The van der Waals surface area contributed by atoms with Crippen LogP contribution in [-0.2, 0) is 11.0 Å². The second-order valence-corrected chi connectivity index (χ2v) is 8.33. The highest BCUT2D eigenvalue weighted by atomic mass is 32.2.